The standard InChI is InChI=1S/C19H32O10/c1-13(28-17(24)26-3)19(16(22)23,14(2)29-18(25)27-4)12-10-8-6-5-7-9-11-15(20)21/h13-14H,5-12H2,1-4H3,(H,20,21)(H,22,23). The summed E-state index contributed by atoms with van der Waals surface area (Å²) in [5, 5.41) is 18.6. The largest absolute Gasteiger partial charge is 0.508 e. The van der Waals surface area contributed by atoms with Crippen LogP contribution >= 0.6 is 0 Å². The van der Waals surface area contributed by atoms with Crippen molar-refractivity contribution in [1.29, 1.82) is 0 Å². The van der Waals surface area contributed by atoms with Crippen molar-refractivity contribution < 1.29 is 48.3 Å². The zero-order valence-corrected chi connectivity index (χ0v) is 17.5. The molecule has 0 aliphatic heterocycles. The van der Waals surface area contributed by atoms with E-state index in [1.165, 1.54) is 13.8 Å². The molecule has 0 bridgehead atoms. The van der Waals surface area contributed by atoms with Crippen molar-refractivity contribution in [2.45, 2.75) is 77.4 Å². The van der Waals surface area contributed by atoms with Crippen LogP contribution in [0.1, 0.15) is 65.2 Å². The molecule has 0 spiro atoms. The lowest BCUT2D eigenvalue weighted by molar-refractivity contribution is -0.170. The van der Waals surface area contributed by atoms with E-state index in [9.17, 15) is 24.3 Å². The highest BCUT2D eigenvalue weighted by Gasteiger charge is 2.52. The number of methoxy groups -OCH3 is 2. The maximum absolute atomic E-state index is 12.2. The number of carboxylic acids is 2. The number of rotatable bonds is 14. The highest BCUT2D eigenvalue weighted by molar-refractivity contribution is 5.77. The van der Waals surface area contributed by atoms with Crippen LogP contribution < -0.4 is 0 Å². The number of hydrogen-bond donors (Lipinski definition) is 2. The van der Waals surface area contributed by atoms with E-state index in [0.29, 0.717) is 19.3 Å². The van der Waals surface area contributed by atoms with Crippen LogP contribution in [0.4, 0.5) is 9.59 Å². The fourth-order valence-electron chi connectivity index (χ4n) is 3.19. The van der Waals surface area contributed by atoms with Crippen LogP contribution in [0.25, 0.3) is 0 Å². The second-order valence-electron chi connectivity index (χ2n) is 6.79. The number of carboxylic acid groups (broad SMARTS) is 2. The third kappa shape index (κ3) is 9.01. The first kappa shape index (κ1) is 26.5. The molecule has 0 aliphatic rings. The predicted octanol–water partition coefficient (Wildman–Crippen LogP) is 3.61. The molecule has 0 saturated heterocycles. The fourth-order valence-corrected chi connectivity index (χ4v) is 3.19. The summed E-state index contributed by atoms with van der Waals surface area (Å²) in [5.74, 6) is -2.10. The average Bonchev–Trinajstić information content (AvgIpc) is 2.65. The van der Waals surface area contributed by atoms with Crippen molar-refractivity contribution in [3.63, 3.8) is 0 Å². The van der Waals surface area contributed by atoms with Crippen molar-refractivity contribution in [2.75, 3.05) is 14.2 Å². The quantitative estimate of drug-likeness (QED) is 0.315. The summed E-state index contributed by atoms with van der Waals surface area (Å²) in [6.45, 7) is 2.82. The molecule has 10 nitrogen and oxygen atoms in total. The minimum atomic E-state index is -1.69. The highest BCUT2D eigenvalue weighted by atomic mass is 16.7. The molecule has 0 saturated carbocycles. The third-order valence-electron chi connectivity index (χ3n) is 4.96. The topological polar surface area (TPSA) is 146 Å². The number of unbranched alkanes of at least 4 members (excludes halogenated alkanes) is 5. The van der Waals surface area contributed by atoms with Gasteiger partial charge in [0.15, 0.2) is 0 Å². The number of carbonyl (C=O) groups excluding carboxylic acids is 2. The number of aliphatic carboxylic acids is 2. The average molecular weight is 420 g/mol. The van der Waals surface area contributed by atoms with E-state index in [1.54, 1.807) is 0 Å². The molecule has 0 rings (SSSR count). The molecule has 29 heavy (non-hydrogen) atoms. The number of hydrogen-bond acceptors (Lipinski definition) is 8. The molecule has 0 aromatic heterocycles. The summed E-state index contributed by atoms with van der Waals surface area (Å²) in [6.07, 6.45) is 0.0590. The smallest absolute Gasteiger partial charge is 0.481 e. The van der Waals surface area contributed by atoms with Crippen molar-refractivity contribution in [3.05, 3.63) is 0 Å². The molecule has 0 aliphatic carbocycles. The zero-order valence-electron chi connectivity index (χ0n) is 17.5. The van der Waals surface area contributed by atoms with Crippen LogP contribution in [0.2, 0.25) is 0 Å². The number of carbonyl (C=O) groups is 4. The van der Waals surface area contributed by atoms with Crippen LogP contribution in [-0.4, -0.2) is 60.9 Å². The molecule has 0 aromatic carbocycles. The summed E-state index contributed by atoms with van der Waals surface area (Å²) in [7, 11) is 2.21. The van der Waals surface area contributed by atoms with Crippen molar-refractivity contribution in [3.8, 4) is 0 Å². The molecule has 0 radical (unpaired) electrons. The van der Waals surface area contributed by atoms with Gasteiger partial charge in [0.2, 0.25) is 0 Å². The van der Waals surface area contributed by atoms with E-state index < -0.39 is 41.9 Å². The van der Waals surface area contributed by atoms with Gasteiger partial charge < -0.3 is 29.2 Å². The summed E-state index contributed by atoms with van der Waals surface area (Å²) in [5.41, 5.74) is -1.69. The molecule has 0 amide bonds. The summed E-state index contributed by atoms with van der Waals surface area (Å²) < 4.78 is 19.0. The minimum Gasteiger partial charge on any atom is -0.481 e. The Labute approximate surface area is 170 Å². The Balaban J connectivity index is 5.05. The maximum Gasteiger partial charge on any atom is 0.508 e. The van der Waals surface area contributed by atoms with Gasteiger partial charge >= 0.3 is 24.2 Å². The lowest BCUT2D eigenvalue weighted by Crippen LogP contribution is -2.52. The molecular formula is C19H32O10. The zero-order chi connectivity index (χ0) is 22.4. The van der Waals surface area contributed by atoms with Crippen molar-refractivity contribution in [2.24, 2.45) is 5.41 Å². The first-order valence-corrected chi connectivity index (χ1v) is 9.56. The summed E-state index contributed by atoms with van der Waals surface area (Å²) >= 11 is 0. The fraction of sp³-hybridized carbons (Fsp3) is 0.789. The lowest BCUT2D eigenvalue weighted by Gasteiger charge is -2.38. The molecule has 0 heterocycles. The minimum absolute atomic E-state index is 0.0911. The van der Waals surface area contributed by atoms with Crippen LogP contribution in [0.5, 0.6) is 0 Å². The Morgan fingerprint density at radius 1 is 0.759 bits per heavy atom. The van der Waals surface area contributed by atoms with Gasteiger partial charge in [0.1, 0.15) is 17.6 Å². The molecule has 0 aromatic rings. The SMILES string of the molecule is COC(=O)OC(C)C(CCCCCCCCC(=O)O)(C(=O)O)C(C)OC(=O)OC. The van der Waals surface area contributed by atoms with Gasteiger partial charge in [-0.1, -0.05) is 32.1 Å². The Bertz CT molecular complexity index is 521. The normalized spacial score (nSPS) is 14.8. The van der Waals surface area contributed by atoms with E-state index in [0.717, 1.165) is 33.5 Å². The molecule has 0 fully saturated rings. The molecule has 168 valence electrons. The monoisotopic (exact) mass is 420 g/mol. The van der Waals surface area contributed by atoms with Crippen LogP contribution in [0, 0.1) is 5.41 Å². The summed E-state index contributed by atoms with van der Waals surface area (Å²) in [6, 6.07) is 0. The first-order valence-electron chi connectivity index (χ1n) is 9.56. The third-order valence-corrected chi connectivity index (χ3v) is 4.96. The van der Waals surface area contributed by atoms with Gasteiger partial charge in [0.05, 0.1) is 14.2 Å². The van der Waals surface area contributed by atoms with Gasteiger partial charge in [-0.3, -0.25) is 9.59 Å². The van der Waals surface area contributed by atoms with E-state index >= 15 is 0 Å². The van der Waals surface area contributed by atoms with Gasteiger partial charge in [0.25, 0.3) is 0 Å². The van der Waals surface area contributed by atoms with Gasteiger partial charge in [-0.2, -0.15) is 0 Å². The van der Waals surface area contributed by atoms with E-state index in [4.69, 9.17) is 14.6 Å². The molecule has 10 heteroatoms. The highest BCUT2D eigenvalue weighted by Crippen LogP contribution is 2.38. The van der Waals surface area contributed by atoms with Gasteiger partial charge in [-0.25, -0.2) is 9.59 Å². The Hall–Kier alpha value is -2.52. The van der Waals surface area contributed by atoms with Gasteiger partial charge in [-0.15, -0.1) is 0 Å². The Morgan fingerprint density at radius 3 is 1.55 bits per heavy atom. The van der Waals surface area contributed by atoms with E-state index in [-0.39, 0.29) is 12.8 Å². The lowest BCUT2D eigenvalue weighted by atomic mass is 9.73. The number of ether oxygens (including phenoxy) is 4. The van der Waals surface area contributed by atoms with Crippen molar-refractivity contribution >= 4 is 24.2 Å². The Kier molecular flexibility index (Phi) is 12.4. The molecule has 2 N–H and O–H groups in total. The van der Waals surface area contributed by atoms with Crippen molar-refractivity contribution in [1.82, 2.24) is 0 Å². The van der Waals surface area contributed by atoms with E-state index in [1.807, 2.05) is 0 Å². The molecule has 2 unspecified atom stereocenters. The molecule has 2 atom stereocenters. The second-order valence-corrected chi connectivity index (χ2v) is 6.79. The van der Waals surface area contributed by atoms with Crippen LogP contribution in [-0.2, 0) is 28.5 Å². The summed E-state index contributed by atoms with van der Waals surface area (Å²) in [4.78, 5) is 45.7. The van der Waals surface area contributed by atoms with Crippen LogP contribution in [0.3, 0.4) is 0 Å². The maximum atomic E-state index is 12.2. The van der Waals surface area contributed by atoms with Gasteiger partial charge in [0, 0.05) is 6.42 Å². The van der Waals surface area contributed by atoms with Gasteiger partial charge in [-0.05, 0) is 26.7 Å². The van der Waals surface area contributed by atoms with E-state index in [2.05, 4.69) is 9.47 Å². The predicted molar refractivity (Wildman–Crippen MR) is 101 cm³/mol. The molecular weight excluding hydrogens is 388 g/mol. The first-order chi connectivity index (χ1) is 13.6. The van der Waals surface area contributed by atoms with Crippen LogP contribution in [0.15, 0.2) is 0 Å². The Morgan fingerprint density at radius 2 is 1.17 bits per heavy atom. The second kappa shape index (κ2) is 13.6.